The third kappa shape index (κ3) is 2.53. The third-order valence-electron chi connectivity index (χ3n) is 3.93. The van der Waals surface area contributed by atoms with Crippen molar-refractivity contribution in [2.45, 2.75) is 58.4 Å². The zero-order chi connectivity index (χ0) is 10.7. The van der Waals surface area contributed by atoms with Crippen LogP contribution in [0.4, 0.5) is 0 Å². The van der Waals surface area contributed by atoms with E-state index in [4.69, 9.17) is 0 Å². The fraction of sp³-hybridized carbons (Fsp3) is 0.923. The van der Waals surface area contributed by atoms with Gasteiger partial charge < -0.3 is 4.90 Å². The number of hydrogen-bond donors (Lipinski definition) is 0. The Morgan fingerprint density at radius 3 is 2.67 bits per heavy atom. The largest absolute Gasteiger partial charge is 0.357 e. The lowest BCUT2D eigenvalue weighted by Crippen LogP contribution is -2.44. The number of amidine groups is 1. The number of rotatable bonds is 2. The lowest BCUT2D eigenvalue weighted by Gasteiger charge is -2.39. The Morgan fingerprint density at radius 2 is 2.00 bits per heavy atom. The normalized spacial score (nSPS) is 32.7. The van der Waals surface area contributed by atoms with Crippen LogP contribution in [0.25, 0.3) is 0 Å². The average Bonchev–Trinajstić information content (AvgIpc) is 2.30. The maximum absolute atomic E-state index is 4.67. The minimum Gasteiger partial charge on any atom is -0.357 e. The van der Waals surface area contributed by atoms with Crippen LogP contribution < -0.4 is 0 Å². The van der Waals surface area contributed by atoms with Crippen LogP contribution in [0.15, 0.2) is 4.99 Å². The van der Waals surface area contributed by atoms with Crippen molar-refractivity contribution in [1.82, 2.24) is 4.90 Å². The molecule has 15 heavy (non-hydrogen) atoms. The van der Waals surface area contributed by atoms with E-state index >= 15 is 0 Å². The van der Waals surface area contributed by atoms with Gasteiger partial charge in [0.2, 0.25) is 0 Å². The van der Waals surface area contributed by atoms with Gasteiger partial charge in [-0.2, -0.15) is 0 Å². The van der Waals surface area contributed by atoms with Crippen molar-refractivity contribution in [3.05, 3.63) is 0 Å². The number of hydrogen-bond acceptors (Lipinski definition) is 2. The molecule has 0 aromatic carbocycles. The van der Waals surface area contributed by atoms with Gasteiger partial charge in [0.05, 0.1) is 5.84 Å². The van der Waals surface area contributed by atoms with E-state index in [9.17, 15) is 0 Å². The van der Waals surface area contributed by atoms with Crippen LogP contribution in [0.5, 0.6) is 0 Å². The maximum Gasteiger partial charge on any atom is 0.0988 e. The van der Waals surface area contributed by atoms with Gasteiger partial charge in [0.25, 0.3) is 0 Å². The summed E-state index contributed by atoms with van der Waals surface area (Å²) in [5, 5.41) is 0. The van der Waals surface area contributed by atoms with E-state index in [1.54, 1.807) is 0 Å². The molecule has 0 aromatic rings. The second-order valence-corrected chi connectivity index (χ2v) is 5.11. The molecule has 2 nitrogen and oxygen atoms in total. The molecule has 2 rings (SSSR count). The second-order valence-electron chi connectivity index (χ2n) is 5.11. The average molecular weight is 208 g/mol. The van der Waals surface area contributed by atoms with Crippen LogP contribution in [0.1, 0.15) is 52.4 Å². The predicted molar refractivity (Wildman–Crippen MR) is 65.3 cm³/mol. The zero-order valence-corrected chi connectivity index (χ0v) is 10.2. The van der Waals surface area contributed by atoms with Crippen molar-refractivity contribution >= 4 is 5.84 Å². The molecule has 2 aliphatic rings. The monoisotopic (exact) mass is 208 g/mol. The molecule has 0 amide bonds. The van der Waals surface area contributed by atoms with Crippen LogP contribution in [-0.2, 0) is 0 Å². The van der Waals surface area contributed by atoms with Crippen molar-refractivity contribution in [3.8, 4) is 0 Å². The Labute approximate surface area is 93.8 Å². The van der Waals surface area contributed by atoms with Crippen molar-refractivity contribution in [1.29, 1.82) is 0 Å². The highest BCUT2D eigenvalue weighted by atomic mass is 15.2. The molecule has 0 radical (unpaired) electrons. The lowest BCUT2D eigenvalue weighted by molar-refractivity contribution is 0.204. The van der Waals surface area contributed by atoms with Crippen LogP contribution in [0.3, 0.4) is 0 Å². The molecule has 86 valence electrons. The van der Waals surface area contributed by atoms with Crippen molar-refractivity contribution < 1.29 is 0 Å². The number of aliphatic imine (C=N–C) groups is 1. The third-order valence-corrected chi connectivity index (χ3v) is 3.93. The number of nitrogens with zero attached hydrogens (tertiary/aromatic N) is 2. The first-order valence-corrected chi connectivity index (χ1v) is 6.61. The van der Waals surface area contributed by atoms with Gasteiger partial charge in [0.1, 0.15) is 0 Å². The zero-order valence-electron chi connectivity index (χ0n) is 10.2. The van der Waals surface area contributed by atoms with Crippen LogP contribution in [0, 0.1) is 5.92 Å². The van der Waals surface area contributed by atoms with E-state index in [1.807, 2.05) is 0 Å². The van der Waals surface area contributed by atoms with Crippen molar-refractivity contribution in [2.24, 2.45) is 10.9 Å². The van der Waals surface area contributed by atoms with Gasteiger partial charge in [-0.1, -0.05) is 13.8 Å². The Kier molecular flexibility index (Phi) is 3.66. The van der Waals surface area contributed by atoms with Crippen molar-refractivity contribution in [3.63, 3.8) is 0 Å². The molecule has 0 saturated heterocycles. The molecule has 1 aliphatic heterocycles. The van der Waals surface area contributed by atoms with E-state index in [0.29, 0.717) is 0 Å². The summed E-state index contributed by atoms with van der Waals surface area (Å²) in [6.45, 7) is 6.94. The summed E-state index contributed by atoms with van der Waals surface area (Å²) in [4.78, 5) is 7.27. The fourth-order valence-corrected chi connectivity index (χ4v) is 2.93. The quantitative estimate of drug-likeness (QED) is 0.681. The minimum atomic E-state index is 0.806. The van der Waals surface area contributed by atoms with Gasteiger partial charge in [0, 0.05) is 25.6 Å². The smallest absolute Gasteiger partial charge is 0.0988 e. The van der Waals surface area contributed by atoms with E-state index in [0.717, 1.165) is 24.9 Å². The molecule has 0 aromatic heterocycles. The lowest BCUT2D eigenvalue weighted by atomic mass is 9.86. The van der Waals surface area contributed by atoms with Crippen molar-refractivity contribution in [2.75, 3.05) is 13.1 Å². The Hall–Kier alpha value is -0.530. The molecule has 0 N–H and O–H groups in total. The Morgan fingerprint density at radius 1 is 1.27 bits per heavy atom. The molecule has 0 spiro atoms. The van der Waals surface area contributed by atoms with E-state index < -0.39 is 0 Å². The van der Waals surface area contributed by atoms with Crippen LogP contribution >= 0.6 is 0 Å². The molecular weight excluding hydrogens is 184 g/mol. The van der Waals surface area contributed by atoms with Gasteiger partial charge in [-0.3, -0.25) is 4.99 Å². The van der Waals surface area contributed by atoms with Gasteiger partial charge >= 0.3 is 0 Å². The first-order valence-electron chi connectivity index (χ1n) is 6.61. The standard InChI is InChI=1S/C13H24N2/c1-3-13-14-9-4-10-15(13)12-7-5-11(2)6-8-12/h11-12H,3-10H2,1-2H3. The first-order chi connectivity index (χ1) is 7.31. The SMILES string of the molecule is CCC1=NCCCN1C1CCC(C)CC1. The molecule has 0 atom stereocenters. The molecule has 1 aliphatic carbocycles. The summed E-state index contributed by atoms with van der Waals surface area (Å²) in [7, 11) is 0. The van der Waals surface area contributed by atoms with Gasteiger partial charge in [-0.25, -0.2) is 0 Å². The maximum atomic E-state index is 4.67. The second kappa shape index (κ2) is 5.00. The van der Waals surface area contributed by atoms with Gasteiger partial charge in [-0.15, -0.1) is 0 Å². The van der Waals surface area contributed by atoms with Crippen LogP contribution in [-0.4, -0.2) is 29.9 Å². The summed E-state index contributed by atoms with van der Waals surface area (Å²) in [5.74, 6) is 2.33. The molecule has 0 unspecified atom stereocenters. The first kappa shape index (κ1) is 11.0. The summed E-state index contributed by atoms with van der Waals surface area (Å²) < 4.78 is 0. The molecule has 1 heterocycles. The fourth-order valence-electron chi connectivity index (χ4n) is 2.93. The topological polar surface area (TPSA) is 15.6 Å². The molecule has 1 fully saturated rings. The summed E-state index contributed by atoms with van der Waals surface area (Å²) in [6.07, 6.45) is 7.98. The molecule has 2 heteroatoms. The highest BCUT2D eigenvalue weighted by Gasteiger charge is 2.26. The summed E-state index contributed by atoms with van der Waals surface area (Å²) in [6, 6.07) is 0.806. The van der Waals surface area contributed by atoms with E-state index in [1.165, 1.54) is 44.5 Å². The predicted octanol–water partition coefficient (Wildman–Crippen LogP) is 3.08. The molecule has 0 bridgehead atoms. The highest BCUT2D eigenvalue weighted by molar-refractivity contribution is 5.82. The minimum absolute atomic E-state index is 0.806. The van der Waals surface area contributed by atoms with E-state index in [-0.39, 0.29) is 0 Å². The molecule has 1 saturated carbocycles. The Bertz CT molecular complexity index is 227. The highest BCUT2D eigenvalue weighted by Crippen LogP contribution is 2.28. The van der Waals surface area contributed by atoms with Crippen LogP contribution in [0.2, 0.25) is 0 Å². The Balaban J connectivity index is 1.97. The molecular formula is C13H24N2. The summed E-state index contributed by atoms with van der Waals surface area (Å²) in [5.41, 5.74) is 0. The van der Waals surface area contributed by atoms with Gasteiger partial charge in [0.15, 0.2) is 0 Å². The van der Waals surface area contributed by atoms with E-state index in [2.05, 4.69) is 23.7 Å². The summed E-state index contributed by atoms with van der Waals surface area (Å²) >= 11 is 0. The van der Waals surface area contributed by atoms with Gasteiger partial charge in [-0.05, 0) is 38.0 Å².